The molecule has 0 fully saturated rings. The van der Waals surface area contributed by atoms with Crippen molar-refractivity contribution in [2.75, 3.05) is 26.2 Å². The molecule has 0 nitrogen and oxygen atoms in total. The van der Waals surface area contributed by atoms with Crippen LogP contribution in [0, 0.1) is 0 Å². The molecule has 0 saturated heterocycles. The van der Waals surface area contributed by atoms with Gasteiger partial charge in [0.25, 0.3) is 0 Å². The molecule has 0 bridgehead atoms. The lowest BCUT2D eigenvalue weighted by Gasteiger charge is -2.10. The highest BCUT2D eigenvalue weighted by molar-refractivity contribution is 7.73. The van der Waals surface area contributed by atoms with Crippen molar-refractivity contribution in [3.8, 4) is 0 Å². The van der Waals surface area contributed by atoms with Gasteiger partial charge in [0, 0.05) is 27.3 Å². The normalized spacial score (nSPS) is 11.6. The zero-order chi connectivity index (χ0) is 22.2. The summed E-state index contributed by atoms with van der Waals surface area (Å²) in [6.07, 6.45) is 37.1. The van der Waals surface area contributed by atoms with Gasteiger partial charge < -0.3 is 12.4 Å². The predicted molar refractivity (Wildman–Crippen MR) is 146 cm³/mol. The van der Waals surface area contributed by atoms with Gasteiger partial charge in [-0.2, -0.15) is 0 Å². The Hall–Kier alpha value is 0.720. The van der Waals surface area contributed by atoms with Crippen molar-refractivity contribution < 1.29 is 12.4 Å². The van der Waals surface area contributed by atoms with Crippen LogP contribution in [-0.2, 0) is 0 Å². The molecule has 0 radical (unpaired) electrons. The van der Waals surface area contributed by atoms with Gasteiger partial charge in [0.05, 0.1) is 6.16 Å². The molecule has 0 spiro atoms. The second kappa shape index (κ2) is 27.0. The van der Waals surface area contributed by atoms with E-state index in [0.29, 0.717) is 0 Å². The summed E-state index contributed by atoms with van der Waals surface area (Å²) < 4.78 is 0. The molecule has 0 unspecified atom stereocenters. The maximum absolute atomic E-state index is 2.48. The van der Waals surface area contributed by atoms with Crippen LogP contribution in [0.3, 0.4) is 0 Å². The second-order valence-corrected chi connectivity index (χ2v) is 16.2. The van der Waals surface area contributed by atoms with E-state index in [9.17, 15) is 0 Å². The summed E-state index contributed by atoms with van der Waals surface area (Å²) in [5.74, 6) is 0. The molecule has 0 atom stereocenters. The van der Waals surface area contributed by atoms with Gasteiger partial charge in [0.1, 0.15) is 0 Å². The third kappa shape index (κ3) is 33.0. The minimum absolute atomic E-state index is 0. The molecular weight excluding hydrogens is 415 g/mol. The first-order chi connectivity index (χ1) is 14.6. The lowest BCUT2D eigenvalue weighted by Crippen LogP contribution is -3.00. The van der Waals surface area contributed by atoms with Crippen LogP contribution in [0.1, 0.15) is 161 Å². The van der Waals surface area contributed by atoms with Crippen LogP contribution >= 0.6 is 7.26 Å². The van der Waals surface area contributed by atoms with Crippen LogP contribution in [-0.4, -0.2) is 26.2 Å². The highest BCUT2D eigenvalue weighted by Crippen LogP contribution is 2.47. The average Bonchev–Trinajstić information content (AvgIpc) is 2.70. The van der Waals surface area contributed by atoms with Crippen molar-refractivity contribution in [1.29, 1.82) is 0 Å². The van der Waals surface area contributed by atoms with Crippen LogP contribution in [0.25, 0.3) is 0 Å². The summed E-state index contributed by atoms with van der Waals surface area (Å²) in [5, 5.41) is 0. The average molecular weight is 477 g/mol. The fourth-order valence-corrected chi connectivity index (χ4v) is 5.72. The molecule has 190 valence electrons. The Bertz CT molecular complexity index is 310. The lowest BCUT2D eigenvalue weighted by molar-refractivity contribution is -0.00000697. The van der Waals surface area contributed by atoms with E-state index >= 15 is 0 Å². The summed E-state index contributed by atoms with van der Waals surface area (Å²) in [6.45, 7) is 9.74. The number of hydrogen-bond donors (Lipinski definition) is 0. The summed E-state index contributed by atoms with van der Waals surface area (Å²) in [4.78, 5) is 0. The summed E-state index contributed by atoms with van der Waals surface area (Å²) in [5.41, 5.74) is 0. The van der Waals surface area contributed by atoms with Gasteiger partial charge in [0.2, 0.25) is 0 Å². The standard InChI is InChI=1S/C29H62P.ClH/c1-5-6-7-8-9-10-11-12-13-14-15-16-17-18-19-20-21-22-23-24-25-26-27-28-29-30(2,3)4;/h5-29H2,1-4H3;1H/q+1;/p-1. The molecule has 0 rings (SSSR count). The van der Waals surface area contributed by atoms with Crippen molar-refractivity contribution in [3.05, 3.63) is 0 Å². The van der Waals surface area contributed by atoms with Gasteiger partial charge >= 0.3 is 0 Å². The van der Waals surface area contributed by atoms with Crippen LogP contribution < -0.4 is 12.4 Å². The summed E-state index contributed by atoms with van der Waals surface area (Å²) >= 11 is 0. The molecule has 0 aliphatic rings. The van der Waals surface area contributed by atoms with E-state index in [0.717, 1.165) is 0 Å². The number of halogens is 1. The highest BCUT2D eigenvalue weighted by atomic mass is 35.5. The quantitative estimate of drug-likeness (QED) is 0.0917. The van der Waals surface area contributed by atoms with Gasteiger partial charge in [-0.05, 0) is 12.8 Å². The summed E-state index contributed by atoms with van der Waals surface area (Å²) in [7, 11) is -0.514. The molecule has 0 aliphatic carbocycles. The molecule has 0 amide bonds. The number of hydrogen-bond acceptors (Lipinski definition) is 0. The Morgan fingerprint density at radius 1 is 0.323 bits per heavy atom. The van der Waals surface area contributed by atoms with Crippen molar-refractivity contribution in [2.45, 2.75) is 161 Å². The van der Waals surface area contributed by atoms with E-state index in [1.165, 1.54) is 160 Å². The molecule has 0 aromatic carbocycles. The Morgan fingerprint density at radius 2 is 0.516 bits per heavy atom. The molecule has 0 aromatic heterocycles. The fraction of sp³-hybridized carbons (Fsp3) is 1.00. The Kier molecular flexibility index (Phi) is 29.5. The second-order valence-electron chi connectivity index (χ2n) is 11.1. The van der Waals surface area contributed by atoms with Crippen molar-refractivity contribution in [1.82, 2.24) is 0 Å². The molecule has 0 N–H and O–H groups in total. The number of rotatable bonds is 25. The smallest absolute Gasteiger partial charge is 0.0586 e. The summed E-state index contributed by atoms with van der Waals surface area (Å²) in [6, 6.07) is 0. The minimum atomic E-state index is -0.514. The molecular formula is C29H62ClP. The highest BCUT2D eigenvalue weighted by Gasteiger charge is 2.15. The zero-order valence-corrected chi connectivity index (χ0v) is 24.2. The van der Waals surface area contributed by atoms with Gasteiger partial charge in [-0.1, -0.05) is 148 Å². The van der Waals surface area contributed by atoms with E-state index in [2.05, 4.69) is 26.9 Å². The minimum Gasteiger partial charge on any atom is -1.00 e. The maximum atomic E-state index is 2.48. The van der Waals surface area contributed by atoms with E-state index in [1.54, 1.807) is 0 Å². The van der Waals surface area contributed by atoms with E-state index in [1.807, 2.05) is 0 Å². The van der Waals surface area contributed by atoms with Crippen molar-refractivity contribution in [3.63, 3.8) is 0 Å². The zero-order valence-electron chi connectivity index (χ0n) is 22.5. The molecule has 31 heavy (non-hydrogen) atoms. The SMILES string of the molecule is CCCCCCCCCCCCCCCCCCCCCCCCCC[P+](C)(C)C.[Cl-]. The van der Waals surface area contributed by atoms with Crippen LogP contribution in [0.15, 0.2) is 0 Å². The Balaban J connectivity index is 0. The third-order valence-corrected chi connectivity index (χ3v) is 8.34. The first-order valence-electron chi connectivity index (χ1n) is 14.4. The third-order valence-electron chi connectivity index (χ3n) is 6.68. The lowest BCUT2D eigenvalue weighted by atomic mass is 10.0. The van der Waals surface area contributed by atoms with Gasteiger partial charge in [-0.25, -0.2) is 0 Å². The van der Waals surface area contributed by atoms with Crippen molar-refractivity contribution in [2.24, 2.45) is 0 Å². The topological polar surface area (TPSA) is 0 Å². The van der Waals surface area contributed by atoms with Gasteiger partial charge in [-0.15, -0.1) is 0 Å². The van der Waals surface area contributed by atoms with Crippen LogP contribution in [0.4, 0.5) is 0 Å². The van der Waals surface area contributed by atoms with E-state index in [4.69, 9.17) is 0 Å². The first kappa shape index (κ1) is 33.9. The van der Waals surface area contributed by atoms with Crippen LogP contribution in [0.5, 0.6) is 0 Å². The molecule has 0 aromatic rings. The van der Waals surface area contributed by atoms with Gasteiger partial charge in [-0.3, -0.25) is 0 Å². The van der Waals surface area contributed by atoms with Crippen molar-refractivity contribution >= 4 is 7.26 Å². The Labute approximate surface area is 206 Å². The molecule has 0 saturated carbocycles. The fourth-order valence-electron chi connectivity index (χ4n) is 4.55. The van der Waals surface area contributed by atoms with Gasteiger partial charge in [0.15, 0.2) is 0 Å². The first-order valence-corrected chi connectivity index (χ1v) is 17.7. The number of unbranched alkanes of at least 4 members (excludes halogenated alkanes) is 23. The van der Waals surface area contributed by atoms with E-state index < -0.39 is 7.26 Å². The molecule has 0 heterocycles. The van der Waals surface area contributed by atoms with Crippen LogP contribution in [0.2, 0.25) is 0 Å². The Morgan fingerprint density at radius 3 is 0.710 bits per heavy atom. The molecule has 0 aliphatic heterocycles. The largest absolute Gasteiger partial charge is 1.00 e. The molecule has 2 heteroatoms. The maximum Gasteiger partial charge on any atom is 0.0586 e. The predicted octanol–water partition coefficient (Wildman–Crippen LogP) is 8.28. The monoisotopic (exact) mass is 476 g/mol. The van der Waals surface area contributed by atoms with E-state index in [-0.39, 0.29) is 12.4 Å².